The molecule has 0 aromatic heterocycles. The van der Waals surface area contributed by atoms with Crippen LogP contribution in [0, 0.1) is 13.8 Å². The van der Waals surface area contributed by atoms with Gasteiger partial charge < -0.3 is 18.9 Å². The van der Waals surface area contributed by atoms with Crippen LogP contribution in [0.5, 0.6) is 23.0 Å². The maximum atomic E-state index is 5.46. The van der Waals surface area contributed by atoms with Crippen molar-refractivity contribution >= 4 is 21.5 Å². The van der Waals surface area contributed by atoms with Crippen molar-refractivity contribution in [1.82, 2.24) is 0 Å². The molecule has 0 saturated carbocycles. The molecule has 4 heteroatoms. The van der Waals surface area contributed by atoms with Gasteiger partial charge in [-0.3, -0.25) is 0 Å². The molecule has 3 aromatic carbocycles. The largest absolute Gasteiger partial charge is 0.493 e. The Hall–Kier alpha value is -2.62. The molecular formula is C20H22O4. The van der Waals surface area contributed by atoms with Gasteiger partial charge in [-0.15, -0.1) is 0 Å². The van der Waals surface area contributed by atoms with Crippen LogP contribution in [-0.2, 0) is 0 Å². The van der Waals surface area contributed by atoms with Gasteiger partial charge in [-0.2, -0.15) is 0 Å². The summed E-state index contributed by atoms with van der Waals surface area (Å²) in [6.07, 6.45) is 0. The van der Waals surface area contributed by atoms with Crippen molar-refractivity contribution in [3.8, 4) is 23.0 Å². The van der Waals surface area contributed by atoms with E-state index in [0.717, 1.165) is 44.5 Å². The van der Waals surface area contributed by atoms with Crippen LogP contribution < -0.4 is 18.9 Å². The Morgan fingerprint density at radius 1 is 0.458 bits per heavy atom. The smallest absolute Gasteiger partial charge is 0.161 e. The fourth-order valence-electron chi connectivity index (χ4n) is 3.29. The zero-order valence-electron chi connectivity index (χ0n) is 14.9. The summed E-state index contributed by atoms with van der Waals surface area (Å²) in [5.41, 5.74) is 2.35. The van der Waals surface area contributed by atoms with Gasteiger partial charge in [-0.1, -0.05) is 0 Å². The number of rotatable bonds is 4. The molecule has 0 unspecified atom stereocenters. The molecule has 0 spiro atoms. The Labute approximate surface area is 141 Å². The molecule has 0 aliphatic rings. The third-order valence-corrected chi connectivity index (χ3v) is 4.66. The Kier molecular flexibility index (Phi) is 4.14. The van der Waals surface area contributed by atoms with Gasteiger partial charge in [0.25, 0.3) is 0 Å². The molecule has 0 bridgehead atoms. The summed E-state index contributed by atoms with van der Waals surface area (Å²) in [6.45, 7) is 4.23. The molecule has 0 fully saturated rings. The summed E-state index contributed by atoms with van der Waals surface area (Å²) >= 11 is 0. The standard InChI is InChI=1S/C20H22O4/c1-11-13-7-17(21-3)19(23-5)9-15(13)12(2)16-10-20(24-6)18(22-4)8-14(11)16/h7-10H,1-6H3. The number of fused-ring (bicyclic) bond motifs is 2. The second-order valence-electron chi connectivity index (χ2n) is 5.76. The average molecular weight is 326 g/mol. The summed E-state index contributed by atoms with van der Waals surface area (Å²) in [7, 11) is 6.61. The molecule has 3 rings (SSSR count). The van der Waals surface area contributed by atoms with Crippen LogP contribution in [0.25, 0.3) is 21.5 Å². The molecule has 0 saturated heterocycles. The first-order valence-corrected chi connectivity index (χ1v) is 7.76. The first-order valence-electron chi connectivity index (χ1n) is 7.76. The van der Waals surface area contributed by atoms with Gasteiger partial charge in [0.05, 0.1) is 28.4 Å². The summed E-state index contributed by atoms with van der Waals surface area (Å²) in [5, 5.41) is 4.57. The third-order valence-electron chi connectivity index (χ3n) is 4.66. The second kappa shape index (κ2) is 6.11. The summed E-state index contributed by atoms with van der Waals surface area (Å²) in [4.78, 5) is 0. The van der Waals surface area contributed by atoms with Crippen molar-refractivity contribution in [2.45, 2.75) is 13.8 Å². The van der Waals surface area contributed by atoms with Gasteiger partial charge in [-0.25, -0.2) is 0 Å². The minimum atomic E-state index is 0.729. The predicted octanol–water partition coefficient (Wildman–Crippen LogP) is 4.64. The summed E-state index contributed by atoms with van der Waals surface area (Å²) < 4.78 is 21.9. The minimum Gasteiger partial charge on any atom is -0.493 e. The van der Waals surface area contributed by atoms with E-state index in [4.69, 9.17) is 18.9 Å². The number of ether oxygens (including phenoxy) is 4. The molecule has 3 aromatic rings. The normalized spacial score (nSPS) is 10.9. The highest BCUT2D eigenvalue weighted by atomic mass is 16.5. The third kappa shape index (κ3) is 2.30. The number of hydrogen-bond acceptors (Lipinski definition) is 4. The van der Waals surface area contributed by atoms with E-state index in [2.05, 4.69) is 13.8 Å². The Morgan fingerprint density at radius 3 is 0.833 bits per heavy atom. The molecule has 24 heavy (non-hydrogen) atoms. The maximum Gasteiger partial charge on any atom is 0.161 e. The van der Waals surface area contributed by atoms with E-state index in [1.807, 2.05) is 24.3 Å². The van der Waals surface area contributed by atoms with Gasteiger partial charge >= 0.3 is 0 Å². The molecule has 126 valence electrons. The summed E-state index contributed by atoms with van der Waals surface area (Å²) in [5.74, 6) is 2.92. The van der Waals surface area contributed by atoms with Crippen molar-refractivity contribution in [3.63, 3.8) is 0 Å². The van der Waals surface area contributed by atoms with E-state index >= 15 is 0 Å². The lowest BCUT2D eigenvalue weighted by Crippen LogP contribution is -1.96. The summed E-state index contributed by atoms with van der Waals surface area (Å²) in [6, 6.07) is 8.14. The zero-order valence-corrected chi connectivity index (χ0v) is 14.9. The van der Waals surface area contributed by atoms with Gasteiger partial charge in [0, 0.05) is 0 Å². The van der Waals surface area contributed by atoms with Crippen molar-refractivity contribution in [2.75, 3.05) is 28.4 Å². The minimum absolute atomic E-state index is 0.729. The molecule has 0 N–H and O–H groups in total. The van der Waals surface area contributed by atoms with Gasteiger partial charge in [0.2, 0.25) is 0 Å². The van der Waals surface area contributed by atoms with Gasteiger partial charge in [0.1, 0.15) is 0 Å². The molecule has 0 atom stereocenters. The first-order chi connectivity index (χ1) is 11.5. The van der Waals surface area contributed by atoms with Crippen molar-refractivity contribution < 1.29 is 18.9 Å². The molecule has 0 aliphatic heterocycles. The highest BCUT2D eigenvalue weighted by molar-refractivity contribution is 6.07. The van der Waals surface area contributed by atoms with Crippen LogP contribution >= 0.6 is 0 Å². The van der Waals surface area contributed by atoms with Crippen LogP contribution in [0.1, 0.15) is 11.1 Å². The molecular weight excluding hydrogens is 304 g/mol. The van der Waals surface area contributed by atoms with E-state index in [-0.39, 0.29) is 0 Å². The van der Waals surface area contributed by atoms with Gasteiger partial charge in [0.15, 0.2) is 23.0 Å². The molecule has 0 radical (unpaired) electrons. The molecule has 0 heterocycles. The van der Waals surface area contributed by atoms with Crippen LogP contribution in [0.4, 0.5) is 0 Å². The van der Waals surface area contributed by atoms with Crippen LogP contribution in [0.2, 0.25) is 0 Å². The van der Waals surface area contributed by atoms with E-state index in [1.54, 1.807) is 28.4 Å². The van der Waals surface area contributed by atoms with E-state index in [9.17, 15) is 0 Å². The molecule has 0 aliphatic carbocycles. The SMILES string of the molecule is COc1cc2c(C)c3cc(OC)c(OC)cc3c(C)c2cc1OC. The second-order valence-corrected chi connectivity index (χ2v) is 5.76. The van der Waals surface area contributed by atoms with Crippen molar-refractivity contribution in [1.29, 1.82) is 0 Å². The fourth-order valence-corrected chi connectivity index (χ4v) is 3.29. The maximum absolute atomic E-state index is 5.46. The Morgan fingerprint density at radius 2 is 0.667 bits per heavy atom. The van der Waals surface area contributed by atoms with E-state index < -0.39 is 0 Å². The number of methoxy groups -OCH3 is 4. The van der Waals surface area contributed by atoms with Crippen LogP contribution in [-0.4, -0.2) is 28.4 Å². The fraction of sp³-hybridized carbons (Fsp3) is 0.300. The van der Waals surface area contributed by atoms with Crippen molar-refractivity contribution in [3.05, 3.63) is 35.4 Å². The number of aryl methyl sites for hydroxylation is 2. The van der Waals surface area contributed by atoms with Crippen LogP contribution in [0.15, 0.2) is 24.3 Å². The highest BCUT2D eigenvalue weighted by Crippen LogP contribution is 2.42. The lowest BCUT2D eigenvalue weighted by molar-refractivity contribution is 0.355. The highest BCUT2D eigenvalue weighted by Gasteiger charge is 2.16. The zero-order chi connectivity index (χ0) is 17.4. The first kappa shape index (κ1) is 16.2. The monoisotopic (exact) mass is 326 g/mol. The lowest BCUT2D eigenvalue weighted by Gasteiger charge is -2.17. The Bertz CT molecular complexity index is 779. The van der Waals surface area contributed by atoms with E-state index in [1.165, 1.54) is 11.1 Å². The Balaban J connectivity index is 2.48. The number of hydrogen-bond donors (Lipinski definition) is 0. The number of benzene rings is 3. The molecule has 0 amide bonds. The molecule has 4 nitrogen and oxygen atoms in total. The topological polar surface area (TPSA) is 36.9 Å². The van der Waals surface area contributed by atoms with Gasteiger partial charge in [-0.05, 0) is 70.8 Å². The quantitative estimate of drug-likeness (QED) is 0.654. The van der Waals surface area contributed by atoms with Crippen LogP contribution in [0.3, 0.4) is 0 Å². The predicted molar refractivity (Wildman–Crippen MR) is 97.1 cm³/mol. The van der Waals surface area contributed by atoms with E-state index in [0.29, 0.717) is 0 Å². The average Bonchev–Trinajstić information content (AvgIpc) is 2.63. The lowest BCUT2D eigenvalue weighted by atomic mass is 9.92. The van der Waals surface area contributed by atoms with Crippen molar-refractivity contribution in [2.24, 2.45) is 0 Å².